The van der Waals surface area contributed by atoms with Crippen molar-refractivity contribution in [3.63, 3.8) is 0 Å². The van der Waals surface area contributed by atoms with Crippen LogP contribution in [-0.4, -0.2) is 54.7 Å². The van der Waals surface area contributed by atoms with Crippen LogP contribution in [0.4, 0.5) is 0 Å². The van der Waals surface area contributed by atoms with Gasteiger partial charge < -0.3 is 15.0 Å². The Kier molecular flexibility index (Phi) is 15.4. The molecule has 1 rings (SSSR count). The second kappa shape index (κ2) is 16.2. The first kappa shape index (κ1) is 31.5. The molecular formula is C24H41O7PS. The Morgan fingerprint density at radius 1 is 0.818 bits per heavy atom. The molecule has 0 fully saturated rings. The lowest BCUT2D eigenvalue weighted by Crippen LogP contribution is -2.26. The monoisotopic (exact) mass is 504 g/mol. The third-order valence-corrected chi connectivity index (χ3v) is 11.7. The van der Waals surface area contributed by atoms with Gasteiger partial charge in [0.05, 0.1) is 36.2 Å². The van der Waals surface area contributed by atoms with Gasteiger partial charge in [-0.2, -0.15) is 8.42 Å². The molecular weight excluding hydrogens is 463 g/mol. The maximum absolute atomic E-state index is 10.9. The zero-order chi connectivity index (χ0) is 25.5. The van der Waals surface area contributed by atoms with E-state index in [1.54, 1.807) is 24.6 Å². The Labute approximate surface area is 200 Å². The molecule has 0 amide bonds. The molecule has 0 aliphatic carbocycles. The summed E-state index contributed by atoms with van der Waals surface area (Å²) >= 11 is 0. The minimum Gasteiger partial charge on any atom is -0.545 e. The van der Waals surface area contributed by atoms with Crippen LogP contribution in [0.5, 0.6) is 0 Å². The smallest absolute Gasteiger partial charge is 0.337 e. The van der Waals surface area contributed by atoms with Crippen LogP contribution < -0.4 is 5.11 Å². The zero-order valence-corrected chi connectivity index (χ0v) is 22.2. The van der Waals surface area contributed by atoms with Gasteiger partial charge in [-0.3, -0.25) is 4.55 Å². The van der Waals surface area contributed by atoms with E-state index in [1.165, 1.54) is 51.4 Å². The zero-order valence-electron chi connectivity index (χ0n) is 20.5. The summed E-state index contributed by atoms with van der Waals surface area (Å²) in [6.45, 7) is 9.42. The van der Waals surface area contributed by atoms with Crippen LogP contribution in [0.25, 0.3) is 0 Å². The predicted molar refractivity (Wildman–Crippen MR) is 134 cm³/mol. The van der Waals surface area contributed by atoms with Crippen LogP contribution in [0.2, 0.25) is 0 Å². The molecule has 0 saturated heterocycles. The number of benzene rings is 1. The lowest BCUT2D eigenvalue weighted by Gasteiger charge is -2.28. The van der Waals surface area contributed by atoms with Gasteiger partial charge in [0.1, 0.15) is 4.90 Å². The lowest BCUT2D eigenvalue weighted by atomic mass is 10.1. The minimum atomic E-state index is -4.96. The van der Waals surface area contributed by atoms with Crippen LogP contribution in [0.15, 0.2) is 23.1 Å². The third-order valence-electron chi connectivity index (χ3n) is 5.67. The van der Waals surface area contributed by atoms with Crippen molar-refractivity contribution in [3.8, 4) is 0 Å². The van der Waals surface area contributed by atoms with Crippen molar-refractivity contribution in [2.24, 2.45) is 0 Å². The summed E-state index contributed by atoms with van der Waals surface area (Å²) in [5, 5.41) is 19.2. The number of rotatable bonds is 15. The molecule has 2 N–H and O–H groups in total. The van der Waals surface area contributed by atoms with Crippen molar-refractivity contribution in [1.29, 1.82) is 0 Å². The van der Waals surface area contributed by atoms with Crippen LogP contribution >= 0.6 is 7.26 Å². The van der Waals surface area contributed by atoms with Crippen LogP contribution in [-0.2, 0) is 10.1 Å². The molecule has 1 aromatic carbocycles. The van der Waals surface area contributed by atoms with E-state index in [1.807, 2.05) is 0 Å². The van der Waals surface area contributed by atoms with Gasteiger partial charge >= 0.3 is 5.97 Å². The predicted octanol–water partition coefficient (Wildman–Crippen LogP) is 5.20. The summed E-state index contributed by atoms with van der Waals surface area (Å²) in [6.07, 6.45) is 17.9. The van der Waals surface area contributed by atoms with Crippen LogP contribution in [0, 0.1) is 0 Å². The molecule has 0 heterocycles. The van der Waals surface area contributed by atoms with Crippen molar-refractivity contribution in [3.05, 3.63) is 29.3 Å². The average molecular weight is 505 g/mol. The Morgan fingerprint density at radius 3 is 1.45 bits per heavy atom. The van der Waals surface area contributed by atoms with E-state index < -0.39 is 45.3 Å². The van der Waals surface area contributed by atoms with Gasteiger partial charge in [-0.05, 0) is 31.7 Å². The molecule has 190 valence electrons. The second-order valence-electron chi connectivity index (χ2n) is 8.40. The van der Waals surface area contributed by atoms with E-state index in [9.17, 15) is 23.1 Å². The quantitative estimate of drug-likeness (QED) is 0.248. The maximum Gasteiger partial charge on any atom is 0.337 e. The number of carboxylic acids is 2. The highest BCUT2D eigenvalue weighted by atomic mass is 32.2. The molecule has 0 unspecified atom stereocenters. The molecule has 0 spiro atoms. The van der Waals surface area contributed by atoms with Gasteiger partial charge in [0, 0.05) is 12.8 Å². The number of carbonyl (C=O) groups excluding carboxylic acids is 1. The van der Waals surface area contributed by atoms with Crippen molar-refractivity contribution in [1.82, 2.24) is 0 Å². The van der Waals surface area contributed by atoms with Crippen molar-refractivity contribution in [2.75, 3.05) is 24.6 Å². The molecule has 0 aliphatic heterocycles. The Hall–Kier alpha value is -1.50. The molecule has 0 aromatic heterocycles. The first-order chi connectivity index (χ1) is 15.5. The fraction of sp³-hybridized carbons (Fsp3) is 0.667. The molecule has 0 aliphatic rings. The standard InChI is InChI=1S/C16H36P.C8H6O7S/c1-5-9-13-17(14-10-6-2,15-11-7-3)16-12-8-4;9-7(10)4-2-1-3-5(8(11)12)6(4)16(13,14)15/h5-16H2,1-4H3;1-3H,(H,9,10)(H,11,12)(H,13,14,15)/q+1;/p-1. The molecule has 0 saturated carbocycles. The highest BCUT2D eigenvalue weighted by molar-refractivity contribution is 7.86. The van der Waals surface area contributed by atoms with Gasteiger partial charge in [0.2, 0.25) is 0 Å². The van der Waals surface area contributed by atoms with Gasteiger partial charge in [0.25, 0.3) is 10.1 Å². The molecule has 0 atom stereocenters. The first-order valence-electron chi connectivity index (χ1n) is 11.9. The number of unbranched alkanes of at least 4 members (excludes halogenated alkanes) is 4. The normalized spacial score (nSPS) is 11.5. The van der Waals surface area contributed by atoms with E-state index >= 15 is 0 Å². The van der Waals surface area contributed by atoms with E-state index in [2.05, 4.69) is 27.7 Å². The lowest BCUT2D eigenvalue weighted by molar-refractivity contribution is -0.255. The number of carboxylic acid groups (broad SMARTS) is 2. The Bertz CT molecular complexity index is 767. The Morgan fingerprint density at radius 2 is 1.18 bits per heavy atom. The highest BCUT2D eigenvalue weighted by Crippen LogP contribution is 2.61. The fourth-order valence-corrected chi connectivity index (χ4v) is 9.94. The molecule has 0 bridgehead atoms. The van der Waals surface area contributed by atoms with E-state index in [-0.39, 0.29) is 0 Å². The maximum atomic E-state index is 10.9. The SMILES string of the molecule is CCCC[P+](CCCC)(CCCC)CCCC.O=C([O-])c1cccc(C(=O)O)c1S(=O)(=O)O. The summed E-state index contributed by atoms with van der Waals surface area (Å²) in [7, 11) is -5.52. The van der Waals surface area contributed by atoms with Crippen LogP contribution in [0.3, 0.4) is 0 Å². The number of aromatic carboxylic acids is 2. The first-order valence-corrected chi connectivity index (χ1v) is 15.9. The molecule has 7 nitrogen and oxygen atoms in total. The summed E-state index contributed by atoms with van der Waals surface area (Å²) in [6, 6.07) is 2.71. The summed E-state index contributed by atoms with van der Waals surface area (Å²) in [5.41, 5.74) is -1.73. The second-order valence-corrected chi connectivity index (χ2v) is 14.2. The number of hydrogen-bond donors (Lipinski definition) is 2. The molecule has 33 heavy (non-hydrogen) atoms. The van der Waals surface area contributed by atoms with E-state index in [0.29, 0.717) is 0 Å². The fourth-order valence-electron chi connectivity index (χ4n) is 3.79. The topological polar surface area (TPSA) is 132 Å². The third kappa shape index (κ3) is 11.5. The summed E-state index contributed by atoms with van der Waals surface area (Å²) in [4.78, 5) is 20.0. The van der Waals surface area contributed by atoms with Crippen molar-refractivity contribution in [2.45, 2.75) is 84.0 Å². The number of hydrogen-bond acceptors (Lipinski definition) is 5. The van der Waals surface area contributed by atoms with Gasteiger partial charge in [-0.25, -0.2) is 4.79 Å². The highest BCUT2D eigenvalue weighted by Gasteiger charge is 2.34. The van der Waals surface area contributed by atoms with Crippen molar-refractivity contribution < 1.29 is 32.8 Å². The van der Waals surface area contributed by atoms with E-state index in [0.717, 1.165) is 18.2 Å². The molecule has 0 radical (unpaired) electrons. The summed E-state index contributed by atoms with van der Waals surface area (Å²) < 4.78 is 30.5. The Balaban J connectivity index is 0.000000621. The molecule has 9 heteroatoms. The van der Waals surface area contributed by atoms with E-state index in [4.69, 9.17) is 9.66 Å². The summed E-state index contributed by atoms with van der Waals surface area (Å²) in [5.74, 6) is -3.56. The number of carbonyl (C=O) groups is 2. The van der Waals surface area contributed by atoms with Crippen LogP contribution in [0.1, 0.15) is 99.8 Å². The van der Waals surface area contributed by atoms with Gasteiger partial charge in [0.15, 0.2) is 0 Å². The average Bonchev–Trinajstić information content (AvgIpc) is 2.77. The van der Waals surface area contributed by atoms with Crippen molar-refractivity contribution >= 4 is 29.3 Å². The molecule has 1 aromatic rings. The van der Waals surface area contributed by atoms with Gasteiger partial charge in [-0.15, -0.1) is 0 Å². The van der Waals surface area contributed by atoms with Gasteiger partial charge in [-0.1, -0.05) is 65.5 Å². The minimum absolute atomic E-state index is 0.562. The largest absolute Gasteiger partial charge is 0.545 e.